The van der Waals surface area contributed by atoms with E-state index in [-0.39, 0.29) is 5.78 Å². The van der Waals surface area contributed by atoms with Gasteiger partial charge in [-0.1, -0.05) is 52.3 Å². The average molecular weight is 356 g/mol. The van der Waals surface area contributed by atoms with E-state index in [9.17, 15) is 4.79 Å². The minimum absolute atomic E-state index is 0.103. The monoisotopic (exact) mass is 355 g/mol. The van der Waals surface area contributed by atoms with E-state index in [1.54, 1.807) is 6.20 Å². The third-order valence-electron chi connectivity index (χ3n) is 3.39. The molecule has 0 spiro atoms. The zero-order valence-electron chi connectivity index (χ0n) is 11.7. The van der Waals surface area contributed by atoms with Crippen molar-refractivity contribution in [3.63, 3.8) is 0 Å². The van der Waals surface area contributed by atoms with Crippen LogP contribution in [-0.4, -0.2) is 15.8 Å². The summed E-state index contributed by atoms with van der Waals surface area (Å²) in [7, 11) is 0. The summed E-state index contributed by atoms with van der Waals surface area (Å²) in [5.74, 6) is 0.496. The molecule has 0 fully saturated rings. The van der Waals surface area contributed by atoms with Gasteiger partial charge in [-0.2, -0.15) is 0 Å². The number of imidazole rings is 1. The van der Waals surface area contributed by atoms with Crippen LogP contribution in [0.1, 0.15) is 15.9 Å². The molecule has 0 radical (unpaired) electrons. The second kappa shape index (κ2) is 6.15. The highest BCUT2D eigenvalue weighted by Crippen LogP contribution is 2.19. The maximum Gasteiger partial charge on any atom is 0.197 e. The molecule has 1 aromatic heterocycles. The lowest BCUT2D eigenvalue weighted by molar-refractivity contribution is 0.0993. The number of nitrogens with zero attached hydrogens (tertiary/aromatic N) is 1. The molecule has 0 saturated carbocycles. The number of H-pyrrole nitrogens is 1. The van der Waals surface area contributed by atoms with Gasteiger partial charge in [0.15, 0.2) is 11.7 Å². The van der Waals surface area contributed by atoms with Gasteiger partial charge in [0, 0.05) is 16.5 Å². The van der Waals surface area contributed by atoms with Gasteiger partial charge < -0.3 is 10.7 Å². The maximum absolute atomic E-state index is 12.2. The summed E-state index contributed by atoms with van der Waals surface area (Å²) < 4.78 is 0.965. The Morgan fingerprint density at radius 1 is 1.09 bits per heavy atom. The van der Waals surface area contributed by atoms with Gasteiger partial charge in [0.05, 0.1) is 11.9 Å². The van der Waals surface area contributed by atoms with E-state index in [1.165, 1.54) is 0 Å². The van der Waals surface area contributed by atoms with Gasteiger partial charge >= 0.3 is 0 Å². The molecule has 5 heteroatoms. The van der Waals surface area contributed by atoms with Crippen LogP contribution in [0, 0.1) is 0 Å². The van der Waals surface area contributed by atoms with Gasteiger partial charge in [0.25, 0.3) is 0 Å². The number of halogens is 1. The van der Waals surface area contributed by atoms with Crippen LogP contribution >= 0.6 is 15.9 Å². The van der Waals surface area contributed by atoms with E-state index in [0.717, 1.165) is 21.3 Å². The minimum Gasteiger partial charge on any atom is -0.369 e. The van der Waals surface area contributed by atoms with Crippen molar-refractivity contribution in [1.29, 1.82) is 0 Å². The van der Waals surface area contributed by atoms with Gasteiger partial charge in [-0.25, -0.2) is 4.98 Å². The van der Waals surface area contributed by atoms with E-state index in [0.29, 0.717) is 17.9 Å². The number of hydrogen-bond acceptors (Lipinski definition) is 3. The summed E-state index contributed by atoms with van der Waals surface area (Å²) in [4.78, 5) is 19.2. The number of hydrogen-bond donors (Lipinski definition) is 2. The van der Waals surface area contributed by atoms with Gasteiger partial charge in [-0.3, -0.25) is 4.79 Å². The van der Waals surface area contributed by atoms with Gasteiger partial charge in [0.2, 0.25) is 0 Å². The number of carbonyl (C=O) groups excluding carboxylic acids is 1. The first kappa shape index (κ1) is 14.5. The zero-order chi connectivity index (χ0) is 15.5. The number of Topliss-reactive ketones (excluding diaryl/α,β-unsaturated/α-hetero) is 1. The van der Waals surface area contributed by atoms with E-state index in [4.69, 9.17) is 5.73 Å². The normalized spacial score (nSPS) is 10.6. The van der Waals surface area contributed by atoms with Crippen molar-refractivity contribution < 1.29 is 4.79 Å². The van der Waals surface area contributed by atoms with Gasteiger partial charge in [-0.05, 0) is 23.3 Å². The number of aromatic nitrogens is 2. The third kappa shape index (κ3) is 3.26. The summed E-state index contributed by atoms with van der Waals surface area (Å²) in [5, 5.41) is 0. The molecule has 2 aromatic carbocycles. The maximum atomic E-state index is 12.2. The molecule has 0 saturated heterocycles. The lowest BCUT2D eigenvalue weighted by atomic mass is 10.0. The fourth-order valence-electron chi connectivity index (χ4n) is 2.21. The fourth-order valence-corrected chi connectivity index (χ4v) is 2.47. The molecule has 3 rings (SSSR count). The van der Waals surface area contributed by atoms with Crippen LogP contribution in [-0.2, 0) is 6.42 Å². The van der Waals surface area contributed by atoms with Crippen LogP contribution in [0.3, 0.4) is 0 Å². The number of nitrogens with one attached hydrogen (secondary N) is 1. The number of rotatable bonds is 4. The number of benzene rings is 2. The van der Waals surface area contributed by atoms with Crippen molar-refractivity contribution in [2.24, 2.45) is 0 Å². The molecule has 3 N–H and O–H groups in total. The largest absolute Gasteiger partial charge is 0.369 e. The molecule has 0 aliphatic rings. The third-order valence-corrected chi connectivity index (χ3v) is 3.92. The van der Waals surface area contributed by atoms with E-state index >= 15 is 0 Å². The highest BCUT2D eigenvalue weighted by Gasteiger charge is 2.08. The van der Waals surface area contributed by atoms with E-state index in [1.807, 2.05) is 48.5 Å². The quantitative estimate of drug-likeness (QED) is 0.698. The van der Waals surface area contributed by atoms with Crippen LogP contribution in [0.2, 0.25) is 0 Å². The topological polar surface area (TPSA) is 71.8 Å². The molecule has 22 heavy (non-hydrogen) atoms. The summed E-state index contributed by atoms with van der Waals surface area (Å²) >= 11 is 3.36. The van der Waals surface area contributed by atoms with Crippen molar-refractivity contribution in [2.75, 3.05) is 5.73 Å². The Labute approximate surface area is 136 Å². The lowest BCUT2D eigenvalue weighted by Crippen LogP contribution is -2.03. The number of carbonyl (C=O) groups is 1. The summed E-state index contributed by atoms with van der Waals surface area (Å²) in [6.45, 7) is 0. The van der Waals surface area contributed by atoms with Crippen molar-refractivity contribution in [2.45, 2.75) is 6.42 Å². The molecule has 3 aromatic rings. The molecule has 0 bridgehead atoms. The van der Waals surface area contributed by atoms with Crippen molar-refractivity contribution in [3.05, 3.63) is 70.3 Å². The Kier molecular flexibility index (Phi) is 4.06. The molecule has 4 nitrogen and oxygen atoms in total. The molecule has 110 valence electrons. The zero-order valence-corrected chi connectivity index (χ0v) is 13.3. The molecule has 0 unspecified atom stereocenters. The first-order valence-electron chi connectivity index (χ1n) is 6.80. The molecule has 1 heterocycles. The van der Waals surface area contributed by atoms with Crippen LogP contribution < -0.4 is 5.73 Å². The first-order chi connectivity index (χ1) is 10.6. The highest BCUT2D eigenvalue weighted by atomic mass is 79.9. The van der Waals surface area contributed by atoms with Crippen molar-refractivity contribution in [3.8, 4) is 11.3 Å². The van der Waals surface area contributed by atoms with Crippen LogP contribution in [0.4, 0.5) is 5.95 Å². The Morgan fingerprint density at radius 3 is 2.36 bits per heavy atom. The Bertz CT molecular complexity index is 792. The van der Waals surface area contributed by atoms with Crippen LogP contribution in [0.25, 0.3) is 11.3 Å². The molecular weight excluding hydrogens is 342 g/mol. The number of nitrogen functional groups attached to an aromatic ring is 1. The number of anilines is 1. The van der Waals surface area contributed by atoms with E-state index < -0.39 is 0 Å². The molecule has 0 amide bonds. The Morgan fingerprint density at radius 2 is 1.77 bits per heavy atom. The summed E-state index contributed by atoms with van der Waals surface area (Å²) in [6, 6.07) is 15.2. The summed E-state index contributed by atoms with van der Waals surface area (Å²) in [5.41, 5.74) is 9.12. The minimum atomic E-state index is 0.103. The predicted molar refractivity (Wildman–Crippen MR) is 90.6 cm³/mol. The molecular formula is C17H14BrN3O. The van der Waals surface area contributed by atoms with E-state index in [2.05, 4.69) is 25.9 Å². The standard InChI is InChI=1S/C17H14BrN3O/c18-14-7-5-13(6-8-14)16(22)9-11-1-3-12(4-2-11)15-10-20-17(19)21-15/h1-8,10H,9H2,(H3,19,20,21). The molecule has 0 aliphatic heterocycles. The number of ketones is 1. The highest BCUT2D eigenvalue weighted by molar-refractivity contribution is 9.10. The SMILES string of the molecule is Nc1ncc(-c2ccc(CC(=O)c3ccc(Br)cc3)cc2)[nH]1. The van der Waals surface area contributed by atoms with Crippen LogP contribution in [0.5, 0.6) is 0 Å². The number of nitrogens with two attached hydrogens (primary N) is 1. The number of aromatic amines is 1. The second-order valence-electron chi connectivity index (χ2n) is 4.99. The van der Waals surface area contributed by atoms with Crippen molar-refractivity contribution >= 4 is 27.7 Å². The van der Waals surface area contributed by atoms with Gasteiger partial charge in [-0.15, -0.1) is 0 Å². The fraction of sp³-hybridized carbons (Fsp3) is 0.0588. The average Bonchev–Trinajstić information content (AvgIpc) is 2.95. The molecule has 0 atom stereocenters. The van der Waals surface area contributed by atoms with Crippen LogP contribution in [0.15, 0.2) is 59.2 Å². The second-order valence-corrected chi connectivity index (χ2v) is 5.90. The first-order valence-corrected chi connectivity index (χ1v) is 7.60. The molecule has 0 aliphatic carbocycles. The van der Waals surface area contributed by atoms with Crippen molar-refractivity contribution in [1.82, 2.24) is 9.97 Å². The lowest BCUT2D eigenvalue weighted by Gasteiger charge is -2.03. The summed E-state index contributed by atoms with van der Waals surface area (Å²) in [6.07, 6.45) is 2.07. The Balaban J connectivity index is 1.73. The smallest absolute Gasteiger partial charge is 0.197 e. The Hall–Kier alpha value is -2.40. The predicted octanol–water partition coefficient (Wildman–Crippen LogP) is 3.85. The van der Waals surface area contributed by atoms with Gasteiger partial charge in [0.1, 0.15) is 0 Å².